The van der Waals surface area contributed by atoms with E-state index in [1.54, 1.807) is 17.9 Å². The fourth-order valence-electron chi connectivity index (χ4n) is 4.84. The first-order valence-electron chi connectivity index (χ1n) is 11.5. The zero-order valence-electron chi connectivity index (χ0n) is 20.6. The van der Waals surface area contributed by atoms with Gasteiger partial charge in [0, 0.05) is 23.0 Å². The topological polar surface area (TPSA) is 144 Å². The van der Waals surface area contributed by atoms with Gasteiger partial charge in [0.25, 0.3) is 0 Å². The maximum absolute atomic E-state index is 13.9. The molecule has 0 radical (unpaired) electrons. The fourth-order valence-corrected chi connectivity index (χ4v) is 4.84. The lowest BCUT2D eigenvalue weighted by Crippen LogP contribution is -2.40. The van der Waals surface area contributed by atoms with E-state index in [4.69, 9.17) is 4.74 Å². The van der Waals surface area contributed by atoms with Crippen molar-refractivity contribution in [1.29, 1.82) is 0 Å². The molecule has 0 spiro atoms. The van der Waals surface area contributed by atoms with Crippen molar-refractivity contribution in [1.82, 2.24) is 14.8 Å². The Bertz CT molecular complexity index is 1550. The van der Waals surface area contributed by atoms with E-state index < -0.39 is 28.5 Å². The lowest BCUT2D eigenvalue weighted by atomic mass is 9.70. The van der Waals surface area contributed by atoms with Crippen LogP contribution in [0.1, 0.15) is 47.8 Å². The van der Waals surface area contributed by atoms with Gasteiger partial charge < -0.3 is 20.3 Å². The molecule has 1 aliphatic heterocycles. The predicted octanol–water partition coefficient (Wildman–Crippen LogP) is 3.32. The molecule has 1 aliphatic carbocycles. The number of ether oxygens (including phenoxy) is 1. The minimum atomic E-state index is -1.56. The van der Waals surface area contributed by atoms with E-state index in [9.17, 15) is 24.6 Å². The van der Waals surface area contributed by atoms with Crippen LogP contribution in [-0.4, -0.2) is 42.3 Å². The molecule has 188 valence electrons. The summed E-state index contributed by atoms with van der Waals surface area (Å²) in [6, 6.07) is 7.43. The lowest BCUT2D eigenvalue weighted by molar-refractivity contribution is -0.123. The van der Waals surface area contributed by atoms with Crippen molar-refractivity contribution in [3.8, 4) is 17.2 Å². The van der Waals surface area contributed by atoms with Gasteiger partial charge in [-0.1, -0.05) is 12.1 Å². The second-order valence-electron chi connectivity index (χ2n) is 9.30. The van der Waals surface area contributed by atoms with Crippen LogP contribution in [0, 0.1) is 6.92 Å². The molecule has 1 atom stereocenters. The zero-order chi connectivity index (χ0) is 26.6. The van der Waals surface area contributed by atoms with Gasteiger partial charge in [0.05, 0.1) is 17.7 Å². The number of carbonyl (C=O) groups excluding carboxylic acids is 3. The highest BCUT2D eigenvalue weighted by Crippen LogP contribution is 2.57. The third-order valence-corrected chi connectivity index (χ3v) is 6.86. The van der Waals surface area contributed by atoms with Crippen LogP contribution in [0.5, 0.6) is 17.2 Å². The van der Waals surface area contributed by atoms with Gasteiger partial charge in [0.2, 0.25) is 0 Å². The molecule has 0 bridgehead atoms. The number of aromatic nitrogens is 3. The van der Waals surface area contributed by atoms with E-state index in [0.717, 1.165) is 5.56 Å². The number of Topliss-reactive ketones (excluding diaryl/α,β-unsaturated/α-hetero) is 2. The Morgan fingerprint density at radius 1 is 1.14 bits per heavy atom. The van der Waals surface area contributed by atoms with Crippen LogP contribution < -0.4 is 10.1 Å². The first-order valence-corrected chi connectivity index (χ1v) is 11.5. The van der Waals surface area contributed by atoms with Crippen LogP contribution in [0.25, 0.3) is 0 Å². The molecule has 0 fully saturated rings. The van der Waals surface area contributed by atoms with Crippen molar-refractivity contribution in [2.45, 2.75) is 39.7 Å². The van der Waals surface area contributed by atoms with Crippen LogP contribution in [0.4, 0.5) is 5.69 Å². The molecule has 2 heterocycles. The Morgan fingerprint density at radius 2 is 1.84 bits per heavy atom. The Morgan fingerprint density at radius 3 is 2.46 bits per heavy atom. The van der Waals surface area contributed by atoms with Crippen molar-refractivity contribution < 1.29 is 29.3 Å². The average Bonchev–Trinajstić information content (AvgIpc) is 3.45. The second-order valence-corrected chi connectivity index (χ2v) is 9.30. The maximum atomic E-state index is 13.9. The molecule has 5 rings (SSSR count). The molecule has 1 aromatic heterocycles. The van der Waals surface area contributed by atoms with Gasteiger partial charge in [-0.05, 0) is 45.4 Å². The number of nitrogens with one attached hydrogen (secondary N) is 1. The third-order valence-electron chi connectivity index (χ3n) is 6.86. The van der Waals surface area contributed by atoms with E-state index in [1.807, 2.05) is 24.3 Å². The molecule has 3 aromatic rings. The minimum absolute atomic E-state index is 0.00526. The highest BCUT2D eigenvalue weighted by atomic mass is 16.5. The van der Waals surface area contributed by atoms with E-state index >= 15 is 0 Å². The molecule has 0 saturated heterocycles. The minimum Gasteiger partial charge on any atom is -0.507 e. The van der Waals surface area contributed by atoms with Crippen LogP contribution in [0.3, 0.4) is 0 Å². The fraction of sp³-hybridized carbons (Fsp3) is 0.222. The van der Waals surface area contributed by atoms with Crippen LogP contribution in [0.15, 0.2) is 60.0 Å². The molecule has 2 aliphatic rings. The summed E-state index contributed by atoms with van der Waals surface area (Å²) in [6.07, 6.45) is 4.27. The van der Waals surface area contributed by atoms with Gasteiger partial charge in [0.15, 0.2) is 17.3 Å². The molecular weight excluding hydrogens is 476 g/mol. The SMILES string of the molecule is CC(=O)c1c(O)c(C)c(O)c2c1OC1=CC(=O)C(=C(C)Nc3ccc(Cn4cncn4)cc3)C(=O)C12C. The standard InChI is InChI=1S/C27H24N4O6/c1-13-23(34)21(15(3)32)25-22(24(13)35)27(4)19(37-25)9-18(33)20(26(27)36)14(2)30-17-7-5-16(6-8-17)10-31-12-28-11-29-31/h5-9,11-12,30,34-35H,10H2,1-4H3. The first kappa shape index (κ1) is 24.0. The smallest absolute Gasteiger partial charge is 0.194 e. The number of benzene rings is 2. The zero-order valence-corrected chi connectivity index (χ0v) is 20.6. The molecule has 1 unspecified atom stereocenters. The highest BCUT2D eigenvalue weighted by Gasteiger charge is 2.56. The van der Waals surface area contributed by atoms with Crippen molar-refractivity contribution in [2.75, 3.05) is 5.32 Å². The number of nitrogens with zero attached hydrogens (tertiary/aromatic N) is 3. The summed E-state index contributed by atoms with van der Waals surface area (Å²) in [5, 5.41) is 28.6. The van der Waals surface area contributed by atoms with Gasteiger partial charge in [-0.25, -0.2) is 9.67 Å². The van der Waals surface area contributed by atoms with Gasteiger partial charge in [0.1, 0.15) is 46.6 Å². The molecular formula is C27H24N4O6. The molecule has 3 N–H and O–H groups in total. The number of hydrogen-bond donors (Lipinski definition) is 3. The molecule has 10 heteroatoms. The monoisotopic (exact) mass is 500 g/mol. The largest absolute Gasteiger partial charge is 0.507 e. The van der Waals surface area contributed by atoms with Gasteiger partial charge in [-0.15, -0.1) is 0 Å². The molecule has 2 aromatic carbocycles. The number of ketones is 3. The van der Waals surface area contributed by atoms with Gasteiger partial charge >= 0.3 is 0 Å². The number of fused-ring (bicyclic) bond motifs is 3. The Kier molecular flexibility index (Phi) is 5.47. The van der Waals surface area contributed by atoms with Crippen molar-refractivity contribution in [3.05, 3.63) is 82.3 Å². The van der Waals surface area contributed by atoms with E-state index in [2.05, 4.69) is 15.4 Å². The van der Waals surface area contributed by atoms with Crippen molar-refractivity contribution >= 4 is 23.0 Å². The van der Waals surface area contributed by atoms with Gasteiger partial charge in [-0.2, -0.15) is 5.10 Å². The number of phenols is 2. The summed E-state index contributed by atoms with van der Waals surface area (Å²) >= 11 is 0. The number of aromatic hydroxyl groups is 2. The number of carbonyl (C=O) groups is 3. The maximum Gasteiger partial charge on any atom is 0.194 e. The van der Waals surface area contributed by atoms with E-state index in [1.165, 1.54) is 33.2 Å². The summed E-state index contributed by atoms with van der Waals surface area (Å²) in [5.41, 5.74) is 0.282. The average molecular weight is 501 g/mol. The first-order chi connectivity index (χ1) is 17.5. The van der Waals surface area contributed by atoms with Crippen LogP contribution in [0.2, 0.25) is 0 Å². The molecule has 0 saturated carbocycles. The molecule has 0 amide bonds. The molecule has 37 heavy (non-hydrogen) atoms. The van der Waals surface area contributed by atoms with Crippen LogP contribution >= 0.6 is 0 Å². The van der Waals surface area contributed by atoms with E-state index in [0.29, 0.717) is 17.9 Å². The van der Waals surface area contributed by atoms with Crippen LogP contribution in [-0.2, 0) is 21.5 Å². The number of hydrogen-bond acceptors (Lipinski definition) is 9. The van der Waals surface area contributed by atoms with E-state index in [-0.39, 0.29) is 39.5 Å². The van der Waals surface area contributed by atoms with Crippen molar-refractivity contribution in [3.63, 3.8) is 0 Å². The normalized spacial score (nSPS) is 19.6. The van der Waals surface area contributed by atoms with Gasteiger partial charge in [-0.3, -0.25) is 14.4 Å². The Balaban J connectivity index is 1.53. The number of anilines is 1. The Hall–Kier alpha value is -4.73. The quantitative estimate of drug-likeness (QED) is 0.273. The summed E-state index contributed by atoms with van der Waals surface area (Å²) in [4.78, 5) is 43.2. The third kappa shape index (κ3) is 3.60. The molecule has 10 nitrogen and oxygen atoms in total. The lowest BCUT2D eigenvalue weighted by Gasteiger charge is -2.29. The van der Waals surface area contributed by atoms with Crippen molar-refractivity contribution in [2.24, 2.45) is 0 Å². The predicted molar refractivity (Wildman–Crippen MR) is 132 cm³/mol. The summed E-state index contributed by atoms with van der Waals surface area (Å²) in [7, 11) is 0. The highest BCUT2D eigenvalue weighted by molar-refractivity contribution is 6.31. The Labute approximate surface area is 211 Å². The summed E-state index contributed by atoms with van der Waals surface area (Å²) < 4.78 is 7.48. The second kappa shape index (κ2) is 8.44. The number of allylic oxidation sites excluding steroid dienone is 4. The number of rotatable bonds is 5. The number of phenolic OH excluding ortho intramolecular Hbond substituents is 2. The summed E-state index contributed by atoms with van der Waals surface area (Å²) in [5.74, 6) is -2.56. The summed E-state index contributed by atoms with van der Waals surface area (Å²) in [6.45, 7) is 6.39.